The largest absolute Gasteiger partial charge is 0.462 e. The fourth-order valence-electron chi connectivity index (χ4n) is 5.16. The van der Waals surface area contributed by atoms with Crippen molar-refractivity contribution >= 4 is 22.1 Å². The molecule has 13 heteroatoms. The van der Waals surface area contributed by atoms with E-state index >= 15 is 0 Å². The zero-order chi connectivity index (χ0) is 37.0. The van der Waals surface area contributed by atoms with Crippen LogP contribution in [0.15, 0.2) is 48.6 Å². The lowest BCUT2D eigenvalue weighted by Gasteiger charge is -2.40. The first-order valence-electron chi connectivity index (χ1n) is 18.2. The minimum atomic E-state index is -4.60. The lowest BCUT2D eigenvalue weighted by atomic mass is 10.00. The van der Waals surface area contributed by atoms with Crippen LogP contribution in [0.4, 0.5) is 0 Å². The molecule has 0 aromatic heterocycles. The van der Waals surface area contributed by atoms with E-state index in [4.69, 9.17) is 18.9 Å². The van der Waals surface area contributed by atoms with Gasteiger partial charge in [-0.2, -0.15) is 8.42 Å². The van der Waals surface area contributed by atoms with Crippen LogP contribution in [0.1, 0.15) is 117 Å². The Morgan fingerprint density at radius 3 is 1.88 bits per heavy atom. The normalized spacial score (nSPS) is 22.2. The molecule has 6 atom stereocenters. The fourth-order valence-corrected chi connectivity index (χ4v) is 5.85. The Morgan fingerprint density at radius 1 is 0.700 bits per heavy atom. The van der Waals surface area contributed by atoms with E-state index in [0.29, 0.717) is 12.8 Å². The molecule has 288 valence electrons. The van der Waals surface area contributed by atoms with Crippen molar-refractivity contribution in [1.29, 1.82) is 0 Å². The lowest BCUT2D eigenvalue weighted by Crippen LogP contribution is -2.60. The second-order valence-corrected chi connectivity index (χ2v) is 14.1. The number of rotatable bonds is 28. The van der Waals surface area contributed by atoms with E-state index < -0.39 is 71.2 Å². The van der Waals surface area contributed by atoms with Crippen LogP contribution in [0, 0.1) is 0 Å². The first kappa shape index (κ1) is 45.6. The second-order valence-electron chi connectivity index (χ2n) is 12.6. The number of ether oxygens (including phenoxy) is 4. The molecule has 1 aliphatic rings. The van der Waals surface area contributed by atoms with Crippen LogP contribution in [0.3, 0.4) is 0 Å². The Morgan fingerprint density at radius 2 is 1.26 bits per heavy atom. The predicted molar refractivity (Wildman–Crippen MR) is 192 cm³/mol. The highest BCUT2D eigenvalue weighted by atomic mass is 32.2. The number of hydrogen-bond donors (Lipinski definition) is 4. The van der Waals surface area contributed by atoms with Crippen LogP contribution in [0.25, 0.3) is 0 Å². The summed E-state index contributed by atoms with van der Waals surface area (Å²) in [5, 5.41) is 30.6. The molecule has 1 aliphatic heterocycles. The number of esters is 2. The Balaban J connectivity index is 2.53. The maximum Gasteiger partial charge on any atom is 0.306 e. The zero-order valence-corrected chi connectivity index (χ0v) is 30.8. The molecule has 12 nitrogen and oxygen atoms in total. The van der Waals surface area contributed by atoms with Crippen LogP contribution in [0.2, 0.25) is 0 Å². The Bertz CT molecular complexity index is 1130. The molecule has 0 saturated carbocycles. The third-order valence-corrected chi connectivity index (χ3v) is 8.77. The van der Waals surface area contributed by atoms with Crippen molar-refractivity contribution in [3.05, 3.63) is 48.6 Å². The highest BCUT2D eigenvalue weighted by molar-refractivity contribution is 7.85. The molecule has 0 aromatic rings. The summed E-state index contributed by atoms with van der Waals surface area (Å²) < 4.78 is 53.6. The SMILES string of the molecule is CC/C=C/C=C/C=C/C=C/CCCCCCCC(=O)OC[C@H](CO[C@H]1O[C@H](CS(=O)(=O)O)[C@@H](O)C(O)C1O)OC(=O)CCCCCCCCC. The van der Waals surface area contributed by atoms with Gasteiger partial charge in [-0.3, -0.25) is 14.1 Å². The fraction of sp³-hybridized carbons (Fsp3) is 0.730. The van der Waals surface area contributed by atoms with Gasteiger partial charge in [0.05, 0.1) is 6.61 Å². The van der Waals surface area contributed by atoms with Gasteiger partial charge in [0.1, 0.15) is 36.8 Å². The third kappa shape index (κ3) is 23.2. The zero-order valence-electron chi connectivity index (χ0n) is 30.0. The quantitative estimate of drug-likeness (QED) is 0.0336. The van der Waals surface area contributed by atoms with Gasteiger partial charge in [0.2, 0.25) is 0 Å². The molecule has 4 N–H and O–H groups in total. The summed E-state index contributed by atoms with van der Waals surface area (Å²) in [6, 6.07) is 0. The molecule has 0 radical (unpaired) electrons. The van der Waals surface area contributed by atoms with Gasteiger partial charge in [-0.25, -0.2) is 0 Å². The molecule has 50 heavy (non-hydrogen) atoms. The van der Waals surface area contributed by atoms with Crippen molar-refractivity contribution in [2.45, 2.75) is 153 Å². The number of carbonyl (C=O) groups excluding carboxylic acids is 2. The number of aliphatic hydroxyl groups is 3. The minimum absolute atomic E-state index is 0.156. The molecular weight excluding hydrogens is 668 g/mol. The van der Waals surface area contributed by atoms with E-state index in [1.807, 2.05) is 36.5 Å². The van der Waals surface area contributed by atoms with E-state index in [1.54, 1.807) is 0 Å². The summed E-state index contributed by atoms with van der Waals surface area (Å²) >= 11 is 0. The van der Waals surface area contributed by atoms with Crippen LogP contribution in [0.5, 0.6) is 0 Å². The number of aliphatic hydroxyl groups excluding tert-OH is 3. The van der Waals surface area contributed by atoms with E-state index in [2.05, 4.69) is 26.0 Å². The summed E-state index contributed by atoms with van der Waals surface area (Å²) in [7, 11) is -4.60. The summed E-state index contributed by atoms with van der Waals surface area (Å²) in [6.07, 6.45) is 20.6. The predicted octanol–water partition coefficient (Wildman–Crippen LogP) is 5.66. The van der Waals surface area contributed by atoms with Crippen molar-refractivity contribution < 1.29 is 56.8 Å². The number of carbonyl (C=O) groups is 2. The van der Waals surface area contributed by atoms with Gasteiger partial charge >= 0.3 is 11.9 Å². The third-order valence-electron chi connectivity index (χ3n) is 8.02. The Hall–Kier alpha value is -2.39. The van der Waals surface area contributed by atoms with Gasteiger partial charge in [0.25, 0.3) is 10.1 Å². The van der Waals surface area contributed by atoms with E-state index in [1.165, 1.54) is 6.42 Å². The van der Waals surface area contributed by atoms with Crippen LogP contribution in [-0.4, -0.2) is 96.0 Å². The van der Waals surface area contributed by atoms with Crippen LogP contribution >= 0.6 is 0 Å². The van der Waals surface area contributed by atoms with E-state index in [0.717, 1.165) is 70.6 Å². The average Bonchev–Trinajstić information content (AvgIpc) is 3.07. The van der Waals surface area contributed by atoms with Crippen molar-refractivity contribution in [3.8, 4) is 0 Å². The standard InChI is InChI=1S/C37H62O12S/c1-3-5-7-9-11-12-13-14-15-16-17-18-20-21-23-25-32(38)46-27-30(48-33(39)26-24-22-19-10-8-6-4-2)28-47-37-36(42)35(41)34(40)31(49-37)29-50(43,44)45/h5,7,9,11-15,30-31,34-37,40-42H,3-4,6,8,10,16-29H2,1-2H3,(H,43,44,45)/b7-5+,11-9+,13-12+,15-14+/t30-,31-,34-,35?,36?,37+/m1/s1. The molecule has 0 bridgehead atoms. The molecule has 1 heterocycles. The highest BCUT2D eigenvalue weighted by Gasteiger charge is 2.46. The Kier molecular flexibility index (Phi) is 25.8. The summed E-state index contributed by atoms with van der Waals surface area (Å²) in [5.41, 5.74) is 0. The van der Waals surface area contributed by atoms with Gasteiger partial charge in [-0.15, -0.1) is 0 Å². The molecule has 0 aromatic carbocycles. The molecule has 0 amide bonds. The van der Waals surface area contributed by atoms with Crippen molar-refractivity contribution in [3.63, 3.8) is 0 Å². The highest BCUT2D eigenvalue weighted by Crippen LogP contribution is 2.24. The minimum Gasteiger partial charge on any atom is -0.462 e. The van der Waals surface area contributed by atoms with Crippen molar-refractivity contribution in [2.75, 3.05) is 19.0 Å². The van der Waals surface area contributed by atoms with E-state index in [-0.39, 0.29) is 19.4 Å². The first-order chi connectivity index (χ1) is 24.0. The summed E-state index contributed by atoms with van der Waals surface area (Å²) in [6.45, 7) is 3.50. The molecule has 1 fully saturated rings. The lowest BCUT2D eigenvalue weighted by molar-refractivity contribution is -0.297. The molecular formula is C37H62O12S. The number of hydrogen-bond acceptors (Lipinski definition) is 11. The van der Waals surface area contributed by atoms with Gasteiger partial charge in [0, 0.05) is 12.8 Å². The Labute approximate surface area is 299 Å². The topological polar surface area (TPSA) is 186 Å². The first-order valence-corrected chi connectivity index (χ1v) is 19.9. The molecule has 2 unspecified atom stereocenters. The van der Waals surface area contributed by atoms with Gasteiger partial charge in [-0.05, 0) is 32.1 Å². The number of allylic oxidation sites excluding steroid dienone is 8. The smallest absolute Gasteiger partial charge is 0.306 e. The second kappa shape index (κ2) is 28.2. The van der Waals surface area contributed by atoms with E-state index in [9.17, 15) is 37.9 Å². The van der Waals surface area contributed by atoms with Gasteiger partial charge in [-0.1, -0.05) is 120 Å². The maximum absolute atomic E-state index is 12.6. The maximum atomic E-state index is 12.6. The number of unbranched alkanes of at least 4 members (excludes halogenated alkanes) is 11. The summed E-state index contributed by atoms with van der Waals surface area (Å²) in [5.74, 6) is -2.03. The van der Waals surface area contributed by atoms with Gasteiger partial charge < -0.3 is 34.3 Å². The van der Waals surface area contributed by atoms with Crippen molar-refractivity contribution in [1.82, 2.24) is 0 Å². The van der Waals surface area contributed by atoms with Crippen LogP contribution < -0.4 is 0 Å². The summed E-state index contributed by atoms with van der Waals surface area (Å²) in [4.78, 5) is 25.1. The molecule has 0 aliphatic carbocycles. The molecule has 1 saturated heterocycles. The average molecular weight is 731 g/mol. The van der Waals surface area contributed by atoms with Crippen LogP contribution in [-0.2, 0) is 38.7 Å². The van der Waals surface area contributed by atoms with Crippen molar-refractivity contribution in [2.24, 2.45) is 0 Å². The molecule has 0 spiro atoms. The monoisotopic (exact) mass is 730 g/mol. The molecule has 1 rings (SSSR count). The van der Waals surface area contributed by atoms with Gasteiger partial charge in [0.15, 0.2) is 12.4 Å².